The van der Waals surface area contributed by atoms with E-state index in [-0.39, 0.29) is 0 Å². The lowest BCUT2D eigenvalue weighted by atomic mass is 10.0. The molecule has 1 aromatic heterocycles. The highest BCUT2D eigenvalue weighted by Crippen LogP contribution is 2.35. The van der Waals surface area contributed by atoms with Crippen LogP contribution in [-0.4, -0.2) is 9.67 Å². The Balaban J connectivity index is 1.82. The summed E-state index contributed by atoms with van der Waals surface area (Å²) in [6.45, 7) is 0. The molecule has 4 heteroatoms. The molecule has 0 saturated carbocycles. The number of benzene rings is 2. The van der Waals surface area contributed by atoms with Crippen LogP contribution < -0.4 is 5.48 Å². The molecule has 0 aliphatic carbocycles. The zero-order valence-electron chi connectivity index (χ0n) is 12.2. The van der Waals surface area contributed by atoms with Crippen LogP contribution in [0.4, 0.5) is 0 Å². The number of hydrogen-bond donors (Lipinski definition) is 2. The van der Waals surface area contributed by atoms with E-state index in [1.807, 2.05) is 55.7 Å². The molecule has 0 bridgehead atoms. The summed E-state index contributed by atoms with van der Waals surface area (Å²) in [6.07, 6.45) is 3.72. The van der Waals surface area contributed by atoms with Gasteiger partial charge in [0.2, 0.25) is 0 Å². The molecule has 0 spiro atoms. The van der Waals surface area contributed by atoms with Crippen LogP contribution in [0, 0.1) is 0 Å². The first kappa shape index (κ1) is 13.1. The van der Waals surface area contributed by atoms with E-state index >= 15 is 0 Å². The molecular formula is C18H16N2O2. The molecule has 3 aromatic rings. The van der Waals surface area contributed by atoms with Crippen LogP contribution >= 0.6 is 0 Å². The summed E-state index contributed by atoms with van der Waals surface area (Å²) < 4.78 is 2.05. The van der Waals surface area contributed by atoms with Crippen molar-refractivity contribution in [1.29, 1.82) is 0 Å². The molecule has 1 unspecified atom stereocenters. The molecule has 0 saturated heterocycles. The summed E-state index contributed by atoms with van der Waals surface area (Å²) in [5.74, 6) is 0.628. The van der Waals surface area contributed by atoms with Gasteiger partial charge in [0.05, 0.1) is 0 Å². The normalized spacial score (nSPS) is 20.9. The van der Waals surface area contributed by atoms with Crippen molar-refractivity contribution in [3.63, 3.8) is 0 Å². The van der Waals surface area contributed by atoms with Crippen LogP contribution in [0.15, 0.2) is 66.9 Å². The zero-order valence-corrected chi connectivity index (χ0v) is 12.2. The molecule has 0 fully saturated rings. The van der Waals surface area contributed by atoms with Gasteiger partial charge < -0.3 is 14.5 Å². The van der Waals surface area contributed by atoms with Crippen LogP contribution in [0.5, 0.6) is 0 Å². The number of fused-ring (bicyclic) bond motifs is 1. The summed E-state index contributed by atoms with van der Waals surface area (Å²) in [5, 5.41) is 11.8. The average Bonchev–Trinajstić information content (AvgIpc) is 3.11. The molecule has 2 aromatic carbocycles. The Kier molecular flexibility index (Phi) is 2.82. The Labute approximate surface area is 128 Å². The van der Waals surface area contributed by atoms with E-state index in [0.717, 1.165) is 22.0 Å². The van der Waals surface area contributed by atoms with Gasteiger partial charge in [-0.3, -0.25) is 0 Å². The Hall–Kier alpha value is -2.56. The lowest BCUT2D eigenvalue weighted by Gasteiger charge is -2.19. The first-order valence-electron chi connectivity index (χ1n) is 7.16. The fourth-order valence-electron chi connectivity index (χ4n) is 2.89. The number of aromatic nitrogens is 1. The molecule has 4 nitrogen and oxygen atoms in total. The molecule has 4 rings (SSSR count). The minimum Gasteiger partial charge on any atom is -0.405 e. The second kappa shape index (κ2) is 4.73. The van der Waals surface area contributed by atoms with Gasteiger partial charge in [0.1, 0.15) is 0 Å². The Morgan fingerprint density at radius 2 is 1.77 bits per heavy atom. The summed E-state index contributed by atoms with van der Waals surface area (Å²) >= 11 is 0. The number of hydroxylamine groups is 1. The average molecular weight is 292 g/mol. The standard InChI is InChI=1S/C18H16N2O2/c1-20-12-15(14-9-5-6-10-16(14)20)17-11-18(21,19-22-17)13-7-3-2-4-8-13/h2-12,19,21H,1H3. The molecule has 1 atom stereocenters. The quantitative estimate of drug-likeness (QED) is 0.763. The second-order valence-electron chi connectivity index (χ2n) is 5.52. The Morgan fingerprint density at radius 3 is 2.59 bits per heavy atom. The minimum absolute atomic E-state index is 0.628. The van der Waals surface area contributed by atoms with Gasteiger partial charge in [-0.2, -0.15) is 0 Å². The Morgan fingerprint density at radius 1 is 1.05 bits per heavy atom. The van der Waals surface area contributed by atoms with Gasteiger partial charge >= 0.3 is 0 Å². The van der Waals surface area contributed by atoms with Crippen LogP contribution in [0.1, 0.15) is 11.1 Å². The molecular weight excluding hydrogens is 276 g/mol. The fourth-order valence-corrected chi connectivity index (χ4v) is 2.89. The third-order valence-electron chi connectivity index (χ3n) is 4.03. The highest BCUT2D eigenvalue weighted by atomic mass is 16.7. The van der Waals surface area contributed by atoms with Gasteiger partial charge in [-0.15, -0.1) is 5.48 Å². The van der Waals surface area contributed by atoms with E-state index in [2.05, 4.69) is 22.2 Å². The summed E-state index contributed by atoms with van der Waals surface area (Å²) in [6, 6.07) is 17.5. The van der Waals surface area contributed by atoms with Crippen molar-refractivity contribution in [2.45, 2.75) is 5.72 Å². The number of nitrogens with zero attached hydrogens (tertiary/aromatic N) is 1. The van der Waals surface area contributed by atoms with Crippen LogP contribution in [0.2, 0.25) is 0 Å². The smallest absolute Gasteiger partial charge is 0.197 e. The predicted octanol–water partition coefficient (Wildman–Crippen LogP) is 2.90. The zero-order chi connectivity index (χ0) is 15.2. The molecule has 0 radical (unpaired) electrons. The van der Waals surface area contributed by atoms with Gasteiger partial charge in [-0.25, -0.2) is 0 Å². The molecule has 2 N–H and O–H groups in total. The largest absolute Gasteiger partial charge is 0.405 e. The van der Waals surface area contributed by atoms with Crippen molar-refractivity contribution in [2.24, 2.45) is 7.05 Å². The number of aliphatic hydroxyl groups is 1. The first-order chi connectivity index (χ1) is 10.7. The van der Waals surface area contributed by atoms with Crippen molar-refractivity contribution in [3.05, 3.63) is 78.0 Å². The molecule has 22 heavy (non-hydrogen) atoms. The number of aryl methyl sites for hydroxylation is 1. The topological polar surface area (TPSA) is 46.4 Å². The van der Waals surface area contributed by atoms with E-state index < -0.39 is 5.72 Å². The second-order valence-corrected chi connectivity index (χ2v) is 5.52. The van der Waals surface area contributed by atoms with Crippen molar-refractivity contribution in [3.8, 4) is 0 Å². The molecule has 1 aliphatic heterocycles. The summed E-state index contributed by atoms with van der Waals surface area (Å²) in [7, 11) is 2.00. The third-order valence-corrected chi connectivity index (χ3v) is 4.03. The fraction of sp³-hybridized carbons (Fsp3) is 0.111. The number of hydrogen-bond acceptors (Lipinski definition) is 3. The number of rotatable bonds is 2. The summed E-state index contributed by atoms with van der Waals surface area (Å²) in [4.78, 5) is 5.58. The van der Waals surface area contributed by atoms with Crippen molar-refractivity contribution >= 4 is 16.7 Å². The van der Waals surface area contributed by atoms with Crippen molar-refractivity contribution < 1.29 is 9.94 Å². The van der Waals surface area contributed by atoms with E-state index in [4.69, 9.17) is 4.84 Å². The molecule has 2 heterocycles. The van der Waals surface area contributed by atoms with E-state index in [1.54, 1.807) is 6.08 Å². The monoisotopic (exact) mass is 292 g/mol. The minimum atomic E-state index is -1.31. The lowest BCUT2D eigenvalue weighted by Crippen LogP contribution is -2.35. The maximum atomic E-state index is 10.8. The van der Waals surface area contributed by atoms with Gasteiger partial charge in [-0.05, 0) is 6.07 Å². The number of para-hydroxylation sites is 1. The van der Waals surface area contributed by atoms with Gasteiger partial charge in [0.15, 0.2) is 11.5 Å². The SMILES string of the molecule is Cn1cc(C2=CC(O)(c3ccccc3)NO2)c2ccccc21. The first-order valence-corrected chi connectivity index (χ1v) is 7.16. The molecule has 0 amide bonds. The van der Waals surface area contributed by atoms with Gasteiger partial charge in [0, 0.05) is 41.4 Å². The summed E-state index contributed by atoms with van der Waals surface area (Å²) in [5.41, 5.74) is 4.23. The van der Waals surface area contributed by atoms with E-state index in [9.17, 15) is 5.11 Å². The molecule has 110 valence electrons. The number of nitrogens with one attached hydrogen (secondary N) is 1. The lowest BCUT2D eigenvalue weighted by molar-refractivity contribution is -0.0370. The maximum absolute atomic E-state index is 10.8. The Bertz CT molecular complexity index is 867. The van der Waals surface area contributed by atoms with Gasteiger partial charge in [-0.1, -0.05) is 48.5 Å². The third kappa shape index (κ3) is 1.93. The predicted molar refractivity (Wildman–Crippen MR) is 85.5 cm³/mol. The molecule has 1 aliphatic rings. The van der Waals surface area contributed by atoms with E-state index in [1.165, 1.54) is 0 Å². The van der Waals surface area contributed by atoms with Crippen LogP contribution in [0.25, 0.3) is 16.7 Å². The van der Waals surface area contributed by atoms with Crippen LogP contribution in [-0.2, 0) is 17.6 Å². The van der Waals surface area contributed by atoms with Crippen LogP contribution in [0.3, 0.4) is 0 Å². The van der Waals surface area contributed by atoms with Crippen molar-refractivity contribution in [1.82, 2.24) is 10.0 Å². The maximum Gasteiger partial charge on any atom is 0.197 e. The van der Waals surface area contributed by atoms with Crippen molar-refractivity contribution in [2.75, 3.05) is 0 Å². The highest BCUT2D eigenvalue weighted by Gasteiger charge is 2.35. The van der Waals surface area contributed by atoms with Gasteiger partial charge in [0.25, 0.3) is 0 Å². The van der Waals surface area contributed by atoms with E-state index in [0.29, 0.717) is 5.76 Å². The highest BCUT2D eigenvalue weighted by molar-refractivity contribution is 5.92.